The highest BCUT2D eigenvalue weighted by Crippen LogP contribution is 2.41. The number of hydrogen-bond donors (Lipinski definition) is 5. The van der Waals surface area contributed by atoms with Crippen LogP contribution in [0.25, 0.3) is 0 Å². The van der Waals surface area contributed by atoms with Crippen LogP contribution in [0.5, 0.6) is 5.75 Å². The molecule has 3 aromatic rings. The predicted octanol–water partition coefficient (Wildman–Crippen LogP) is 4.87. The van der Waals surface area contributed by atoms with Gasteiger partial charge in [0, 0.05) is 12.3 Å². The Morgan fingerprint density at radius 2 is 1.89 bits per heavy atom. The van der Waals surface area contributed by atoms with Gasteiger partial charge in [-0.15, -0.1) is 0 Å². The Hall–Kier alpha value is -3.18. The summed E-state index contributed by atoms with van der Waals surface area (Å²) in [5, 5.41) is 39.4. The lowest BCUT2D eigenvalue weighted by Gasteiger charge is -2.19. The Morgan fingerprint density at radius 1 is 1.07 bits per heavy atom. The Balaban J connectivity index is 1.76. The number of fused-ring (bicyclic) bond motifs is 2. The van der Waals surface area contributed by atoms with Crippen molar-refractivity contribution in [3.05, 3.63) is 63.8 Å². The summed E-state index contributed by atoms with van der Waals surface area (Å²) in [7, 11) is 0. The van der Waals surface area contributed by atoms with E-state index in [0.29, 0.717) is 44.7 Å². The average molecular weight is 414 g/mol. The maximum Gasteiger partial charge on any atom is 0.156 e. The molecule has 1 unspecified atom stereocenters. The second-order valence-corrected chi connectivity index (χ2v) is 6.89. The predicted molar refractivity (Wildman–Crippen MR) is 109 cm³/mol. The number of aromatic nitrogens is 1. The molecule has 1 aromatic heterocycles. The molecule has 2 heterocycles. The molecule has 1 aliphatic rings. The van der Waals surface area contributed by atoms with Gasteiger partial charge in [-0.1, -0.05) is 23.2 Å². The van der Waals surface area contributed by atoms with E-state index in [4.69, 9.17) is 28.5 Å². The molecule has 0 saturated heterocycles. The fraction of sp³-hybridized carbons (Fsp3) is 0.0526. The van der Waals surface area contributed by atoms with E-state index in [0.717, 1.165) is 0 Å². The molecular weight excluding hydrogens is 401 g/mol. The quantitative estimate of drug-likeness (QED) is 0.407. The summed E-state index contributed by atoms with van der Waals surface area (Å²) < 4.78 is 0. The average Bonchev–Trinajstić information content (AvgIpc) is 2.81. The molecule has 140 valence electrons. The third-order valence-corrected chi connectivity index (χ3v) is 4.88. The zero-order valence-electron chi connectivity index (χ0n) is 14.2. The molecule has 5 N–H and O–H groups in total. The van der Waals surface area contributed by atoms with Gasteiger partial charge in [0.25, 0.3) is 0 Å². The molecule has 0 radical (unpaired) electrons. The fourth-order valence-electron chi connectivity index (χ4n) is 2.93. The first-order chi connectivity index (χ1) is 13.5. The number of rotatable bonds is 2. The molecule has 2 aromatic carbocycles. The number of nitrogens with zero attached hydrogens (tertiary/aromatic N) is 2. The number of phenols is 1. The number of hydrogen-bond acceptors (Lipinski definition) is 7. The summed E-state index contributed by atoms with van der Waals surface area (Å²) in [5.41, 5.74) is 3.08. The Labute approximate surface area is 170 Å². The Kier molecular flexibility index (Phi) is 4.61. The van der Waals surface area contributed by atoms with Gasteiger partial charge < -0.3 is 26.2 Å². The molecule has 0 aliphatic carbocycles. The molecule has 0 spiro atoms. The number of pyridine rings is 1. The minimum absolute atomic E-state index is 0.123. The van der Waals surface area contributed by atoms with Crippen LogP contribution in [0.1, 0.15) is 17.4 Å². The third kappa shape index (κ3) is 3.25. The summed E-state index contributed by atoms with van der Waals surface area (Å²) in [6, 6.07) is 11.6. The van der Waals surface area contributed by atoms with Crippen LogP contribution in [-0.4, -0.2) is 15.2 Å². The van der Waals surface area contributed by atoms with Gasteiger partial charge in [-0.2, -0.15) is 5.26 Å². The molecular formula is C19H13Cl2N5O2. The summed E-state index contributed by atoms with van der Waals surface area (Å²) in [6.45, 7) is 0. The van der Waals surface area contributed by atoms with Crippen molar-refractivity contribution >= 4 is 51.8 Å². The van der Waals surface area contributed by atoms with Gasteiger partial charge in [0.15, 0.2) is 6.23 Å². The van der Waals surface area contributed by atoms with E-state index in [1.54, 1.807) is 30.5 Å². The minimum atomic E-state index is -1.12. The smallest absolute Gasteiger partial charge is 0.156 e. The van der Waals surface area contributed by atoms with Crippen molar-refractivity contribution in [3.8, 4) is 11.8 Å². The second-order valence-electron chi connectivity index (χ2n) is 6.07. The first-order valence-electron chi connectivity index (χ1n) is 8.16. The van der Waals surface area contributed by atoms with Crippen LogP contribution in [0, 0.1) is 11.3 Å². The van der Waals surface area contributed by atoms with Gasteiger partial charge in [0.2, 0.25) is 0 Å². The summed E-state index contributed by atoms with van der Waals surface area (Å²) >= 11 is 12.1. The van der Waals surface area contributed by atoms with Crippen LogP contribution in [-0.2, 0) is 0 Å². The molecule has 1 atom stereocenters. The van der Waals surface area contributed by atoms with Crippen LogP contribution >= 0.6 is 23.2 Å². The topological polar surface area (TPSA) is 113 Å². The van der Waals surface area contributed by atoms with Crippen LogP contribution in [0.4, 0.5) is 28.6 Å². The van der Waals surface area contributed by atoms with Crippen LogP contribution < -0.4 is 16.0 Å². The highest BCUT2D eigenvalue weighted by Gasteiger charge is 2.24. The van der Waals surface area contributed by atoms with Crippen LogP contribution in [0.15, 0.2) is 42.6 Å². The second kappa shape index (κ2) is 7.09. The number of aliphatic hydroxyl groups is 1. The van der Waals surface area contributed by atoms with Gasteiger partial charge in [-0.25, -0.2) is 4.98 Å². The Bertz CT molecular complexity index is 1130. The van der Waals surface area contributed by atoms with Gasteiger partial charge in [0.1, 0.15) is 11.6 Å². The fourth-order valence-corrected chi connectivity index (χ4v) is 3.36. The van der Waals surface area contributed by atoms with Crippen molar-refractivity contribution in [2.24, 2.45) is 0 Å². The molecule has 1 aliphatic heterocycles. The number of anilines is 5. The lowest BCUT2D eigenvalue weighted by atomic mass is 10.1. The third-order valence-electron chi connectivity index (χ3n) is 4.26. The standard InChI is InChI=1S/C19H13Cl2N5O2/c20-10-6-11(21)16(27)7-14(10)24-13-3-4-23-18-17(13)19(28)26-15-5-9(8-22)1-2-12(15)25-18/h1-7,19,26-28H,(H2,23,24,25). The maximum atomic E-state index is 10.8. The molecule has 0 bridgehead atoms. The van der Waals surface area contributed by atoms with Crippen molar-refractivity contribution in [2.45, 2.75) is 6.23 Å². The number of aromatic hydroxyl groups is 1. The van der Waals surface area contributed by atoms with Crippen LogP contribution in [0.3, 0.4) is 0 Å². The lowest BCUT2D eigenvalue weighted by molar-refractivity contribution is 0.210. The van der Waals surface area contributed by atoms with Crippen LogP contribution in [0.2, 0.25) is 10.0 Å². The van der Waals surface area contributed by atoms with E-state index in [9.17, 15) is 10.2 Å². The van der Waals surface area contributed by atoms with E-state index < -0.39 is 6.23 Å². The van der Waals surface area contributed by atoms with Crippen molar-refractivity contribution < 1.29 is 10.2 Å². The van der Waals surface area contributed by atoms with E-state index >= 15 is 0 Å². The van der Waals surface area contributed by atoms with E-state index in [1.807, 2.05) is 0 Å². The van der Waals surface area contributed by atoms with Gasteiger partial charge >= 0.3 is 0 Å². The number of halogens is 2. The first-order valence-corrected chi connectivity index (χ1v) is 8.91. The summed E-state index contributed by atoms with van der Waals surface area (Å²) in [6.07, 6.45) is 0.452. The number of phenolic OH excluding ortho intramolecular Hbond substituents is 1. The largest absolute Gasteiger partial charge is 0.506 e. The van der Waals surface area contributed by atoms with Gasteiger partial charge in [-0.3, -0.25) is 0 Å². The highest BCUT2D eigenvalue weighted by molar-refractivity contribution is 6.37. The Morgan fingerprint density at radius 3 is 2.68 bits per heavy atom. The molecule has 4 rings (SSSR count). The number of benzene rings is 2. The van der Waals surface area contributed by atoms with Crippen molar-refractivity contribution in [3.63, 3.8) is 0 Å². The normalized spacial score (nSPS) is 14.6. The minimum Gasteiger partial charge on any atom is -0.506 e. The molecule has 0 amide bonds. The van der Waals surface area contributed by atoms with Gasteiger partial charge in [0.05, 0.1) is 50.0 Å². The zero-order valence-corrected chi connectivity index (χ0v) is 15.7. The van der Waals surface area contributed by atoms with E-state index in [1.165, 1.54) is 12.1 Å². The monoisotopic (exact) mass is 413 g/mol. The van der Waals surface area contributed by atoms with E-state index in [2.05, 4.69) is 27.0 Å². The lowest BCUT2D eigenvalue weighted by Crippen LogP contribution is -2.11. The first kappa shape index (κ1) is 18.2. The van der Waals surface area contributed by atoms with Gasteiger partial charge in [-0.05, 0) is 30.3 Å². The van der Waals surface area contributed by atoms with Crippen molar-refractivity contribution in [1.82, 2.24) is 4.98 Å². The number of aliphatic hydroxyl groups excluding tert-OH is 1. The maximum absolute atomic E-state index is 10.8. The molecule has 0 saturated carbocycles. The van der Waals surface area contributed by atoms with Crippen molar-refractivity contribution in [1.29, 1.82) is 5.26 Å². The van der Waals surface area contributed by atoms with Crippen molar-refractivity contribution in [2.75, 3.05) is 16.0 Å². The zero-order chi connectivity index (χ0) is 19.8. The number of nitrogens with one attached hydrogen (secondary N) is 3. The highest BCUT2D eigenvalue weighted by atomic mass is 35.5. The van der Waals surface area contributed by atoms with E-state index in [-0.39, 0.29) is 10.8 Å². The molecule has 9 heteroatoms. The summed E-state index contributed by atoms with van der Waals surface area (Å²) in [4.78, 5) is 4.31. The summed E-state index contributed by atoms with van der Waals surface area (Å²) in [5.74, 6) is 0.310. The molecule has 28 heavy (non-hydrogen) atoms. The molecule has 7 nitrogen and oxygen atoms in total. The number of nitriles is 1. The SMILES string of the molecule is N#Cc1ccc2c(c1)NC(O)c1c(Nc3cc(O)c(Cl)cc3Cl)ccnc1N2. The molecule has 0 fully saturated rings.